The van der Waals surface area contributed by atoms with Gasteiger partial charge in [0.2, 0.25) is 0 Å². The van der Waals surface area contributed by atoms with Gasteiger partial charge in [-0.1, -0.05) is 6.07 Å². The van der Waals surface area contributed by atoms with Gasteiger partial charge in [-0.2, -0.15) is 0 Å². The fraction of sp³-hybridized carbons (Fsp3) is 0.444. The summed E-state index contributed by atoms with van der Waals surface area (Å²) in [7, 11) is 3.35. The zero-order chi connectivity index (χ0) is 16.9. The summed E-state index contributed by atoms with van der Waals surface area (Å²) in [5.41, 5.74) is 1.27. The highest BCUT2D eigenvalue weighted by atomic mass is 79.9. The largest absolute Gasteiger partial charge is 0.493 e. The summed E-state index contributed by atoms with van der Waals surface area (Å²) >= 11 is 5.45. The second-order valence-electron chi connectivity index (χ2n) is 5.93. The number of halogens is 1. The van der Waals surface area contributed by atoms with Crippen molar-refractivity contribution in [3.05, 3.63) is 44.6 Å². The predicted octanol–water partition coefficient (Wildman–Crippen LogP) is 3.85. The fourth-order valence-corrected chi connectivity index (χ4v) is 4.50. The topological polar surface area (TPSA) is 24.9 Å². The Labute approximate surface area is 156 Å². The van der Waals surface area contributed by atoms with Gasteiger partial charge in [0, 0.05) is 48.6 Å². The average molecular weight is 411 g/mol. The zero-order valence-corrected chi connectivity index (χ0v) is 16.5. The van der Waals surface area contributed by atoms with Gasteiger partial charge in [0.25, 0.3) is 0 Å². The SMILES string of the molecule is COc1ccc(CN2CCN(Cc3sccc3Br)CC2)cc1OC. The zero-order valence-electron chi connectivity index (χ0n) is 14.1. The van der Waals surface area contributed by atoms with Crippen LogP contribution in [0.1, 0.15) is 10.4 Å². The molecule has 1 aliphatic heterocycles. The van der Waals surface area contributed by atoms with E-state index in [4.69, 9.17) is 9.47 Å². The molecular formula is C18H23BrN2O2S. The molecule has 1 aromatic carbocycles. The molecule has 1 aromatic heterocycles. The normalized spacial score (nSPS) is 16.3. The van der Waals surface area contributed by atoms with E-state index < -0.39 is 0 Å². The summed E-state index contributed by atoms with van der Waals surface area (Å²) in [6, 6.07) is 8.32. The minimum atomic E-state index is 0.785. The molecule has 1 aliphatic rings. The molecule has 6 heteroatoms. The van der Waals surface area contributed by atoms with E-state index >= 15 is 0 Å². The number of benzene rings is 1. The van der Waals surface area contributed by atoms with Crippen LogP contribution in [-0.2, 0) is 13.1 Å². The number of thiophene rings is 1. The highest BCUT2D eigenvalue weighted by Gasteiger charge is 2.18. The van der Waals surface area contributed by atoms with Gasteiger partial charge in [0.1, 0.15) is 0 Å². The van der Waals surface area contributed by atoms with Crippen LogP contribution in [0.3, 0.4) is 0 Å². The molecule has 0 atom stereocenters. The first-order chi connectivity index (χ1) is 11.7. The van der Waals surface area contributed by atoms with Gasteiger partial charge in [-0.05, 0) is 45.1 Å². The summed E-state index contributed by atoms with van der Waals surface area (Å²) in [4.78, 5) is 6.45. The molecule has 1 fully saturated rings. The Kier molecular flexibility index (Phi) is 6.16. The Bertz CT molecular complexity index is 669. The molecule has 1 saturated heterocycles. The van der Waals surface area contributed by atoms with Gasteiger partial charge in [0.05, 0.1) is 14.2 Å². The van der Waals surface area contributed by atoms with E-state index in [1.165, 1.54) is 14.9 Å². The first-order valence-corrected chi connectivity index (χ1v) is 9.74. The number of rotatable bonds is 6. The second-order valence-corrected chi connectivity index (χ2v) is 7.79. The van der Waals surface area contributed by atoms with E-state index in [0.29, 0.717) is 0 Å². The Hall–Kier alpha value is -1.08. The number of ether oxygens (including phenoxy) is 2. The van der Waals surface area contributed by atoms with Crippen LogP contribution in [0.4, 0.5) is 0 Å². The minimum absolute atomic E-state index is 0.785. The molecule has 0 unspecified atom stereocenters. The third kappa shape index (κ3) is 4.30. The molecule has 0 amide bonds. The van der Waals surface area contributed by atoms with Crippen molar-refractivity contribution in [1.29, 1.82) is 0 Å². The number of piperazine rings is 1. The van der Waals surface area contributed by atoms with Crippen molar-refractivity contribution in [1.82, 2.24) is 9.80 Å². The molecule has 0 saturated carbocycles. The van der Waals surface area contributed by atoms with Crippen LogP contribution in [0.15, 0.2) is 34.1 Å². The molecule has 4 nitrogen and oxygen atoms in total. The van der Waals surface area contributed by atoms with Crippen molar-refractivity contribution >= 4 is 27.3 Å². The van der Waals surface area contributed by atoms with Gasteiger partial charge < -0.3 is 9.47 Å². The summed E-state index contributed by atoms with van der Waals surface area (Å²) < 4.78 is 11.9. The van der Waals surface area contributed by atoms with Crippen molar-refractivity contribution in [2.75, 3.05) is 40.4 Å². The Morgan fingerprint density at radius 3 is 2.21 bits per heavy atom. The first-order valence-electron chi connectivity index (χ1n) is 8.07. The van der Waals surface area contributed by atoms with E-state index in [9.17, 15) is 0 Å². The molecule has 0 aliphatic carbocycles. The predicted molar refractivity (Wildman–Crippen MR) is 102 cm³/mol. The molecule has 0 N–H and O–H groups in total. The molecule has 24 heavy (non-hydrogen) atoms. The van der Waals surface area contributed by atoms with Crippen LogP contribution in [0.25, 0.3) is 0 Å². The van der Waals surface area contributed by atoms with Crippen molar-refractivity contribution < 1.29 is 9.47 Å². The van der Waals surface area contributed by atoms with Gasteiger partial charge in [-0.25, -0.2) is 0 Å². The second kappa shape index (κ2) is 8.34. The maximum absolute atomic E-state index is 5.40. The maximum Gasteiger partial charge on any atom is 0.161 e. The molecule has 130 valence electrons. The van der Waals surface area contributed by atoms with Crippen molar-refractivity contribution in [2.24, 2.45) is 0 Å². The summed E-state index contributed by atoms with van der Waals surface area (Å²) in [6.45, 7) is 6.41. The van der Waals surface area contributed by atoms with Gasteiger partial charge >= 0.3 is 0 Å². The fourth-order valence-electron chi connectivity index (χ4n) is 2.98. The lowest BCUT2D eigenvalue weighted by Crippen LogP contribution is -2.45. The number of hydrogen-bond donors (Lipinski definition) is 0. The maximum atomic E-state index is 5.40. The first kappa shape index (κ1) is 17.7. The van der Waals surface area contributed by atoms with Gasteiger partial charge in [-0.15, -0.1) is 11.3 Å². The number of nitrogens with zero attached hydrogens (tertiary/aromatic N) is 2. The molecule has 2 aromatic rings. The van der Waals surface area contributed by atoms with Crippen LogP contribution in [0, 0.1) is 0 Å². The molecule has 0 bridgehead atoms. The lowest BCUT2D eigenvalue weighted by Gasteiger charge is -2.34. The van der Waals surface area contributed by atoms with Gasteiger partial charge in [-0.3, -0.25) is 9.80 Å². The van der Waals surface area contributed by atoms with Crippen LogP contribution in [0.5, 0.6) is 11.5 Å². The van der Waals surface area contributed by atoms with E-state index in [1.807, 2.05) is 17.4 Å². The Balaban J connectivity index is 1.53. The van der Waals surface area contributed by atoms with Crippen molar-refractivity contribution in [3.8, 4) is 11.5 Å². The standard InChI is InChI=1S/C18H23BrN2O2S/c1-22-16-4-3-14(11-17(16)23-2)12-20-6-8-21(9-7-20)13-18-15(19)5-10-24-18/h3-5,10-11H,6-9,12-13H2,1-2H3. The quantitative estimate of drug-likeness (QED) is 0.721. The summed E-state index contributed by atoms with van der Waals surface area (Å²) in [6.07, 6.45) is 0. The number of hydrogen-bond acceptors (Lipinski definition) is 5. The van der Waals surface area contributed by atoms with Crippen molar-refractivity contribution in [2.45, 2.75) is 13.1 Å². The van der Waals surface area contributed by atoms with E-state index in [-0.39, 0.29) is 0 Å². The minimum Gasteiger partial charge on any atom is -0.493 e. The van der Waals surface area contributed by atoms with Crippen LogP contribution >= 0.6 is 27.3 Å². The highest BCUT2D eigenvalue weighted by molar-refractivity contribution is 9.10. The lowest BCUT2D eigenvalue weighted by atomic mass is 10.1. The van der Waals surface area contributed by atoms with E-state index in [1.54, 1.807) is 14.2 Å². The monoisotopic (exact) mass is 410 g/mol. The van der Waals surface area contributed by atoms with Crippen LogP contribution in [-0.4, -0.2) is 50.2 Å². The van der Waals surface area contributed by atoms with E-state index in [2.05, 4.69) is 49.3 Å². The van der Waals surface area contributed by atoms with Crippen LogP contribution < -0.4 is 9.47 Å². The summed E-state index contributed by atoms with van der Waals surface area (Å²) in [5.74, 6) is 1.59. The molecule has 2 heterocycles. The van der Waals surface area contributed by atoms with Crippen molar-refractivity contribution in [3.63, 3.8) is 0 Å². The lowest BCUT2D eigenvalue weighted by molar-refractivity contribution is 0.122. The Morgan fingerprint density at radius 2 is 1.62 bits per heavy atom. The third-order valence-electron chi connectivity index (χ3n) is 4.38. The Morgan fingerprint density at radius 1 is 0.958 bits per heavy atom. The number of methoxy groups -OCH3 is 2. The molecule has 0 radical (unpaired) electrons. The molecular weight excluding hydrogens is 388 g/mol. The van der Waals surface area contributed by atoms with Gasteiger partial charge in [0.15, 0.2) is 11.5 Å². The molecule has 3 rings (SSSR count). The average Bonchev–Trinajstić information content (AvgIpc) is 3.01. The highest BCUT2D eigenvalue weighted by Crippen LogP contribution is 2.28. The molecule has 0 spiro atoms. The van der Waals surface area contributed by atoms with Crippen LogP contribution in [0.2, 0.25) is 0 Å². The third-order valence-corrected chi connectivity index (χ3v) is 6.29. The van der Waals surface area contributed by atoms with E-state index in [0.717, 1.165) is 50.8 Å². The smallest absolute Gasteiger partial charge is 0.161 e. The summed E-state index contributed by atoms with van der Waals surface area (Å²) in [5, 5.41) is 2.15.